The van der Waals surface area contributed by atoms with Crippen molar-refractivity contribution in [3.8, 4) is 0 Å². The van der Waals surface area contributed by atoms with Crippen LogP contribution < -0.4 is 11.1 Å². The molecule has 4 N–H and O–H groups in total. The highest BCUT2D eigenvalue weighted by Gasteiger charge is 2.16. The van der Waals surface area contributed by atoms with Crippen molar-refractivity contribution >= 4 is 17.4 Å². The Morgan fingerprint density at radius 2 is 2.20 bits per heavy atom. The molecule has 0 atom stereocenters. The second kappa shape index (κ2) is 5.43. The first-order chi connectivity index (χ1) is 9.52. The van der Waals surface area contributed by atoms with Gasteiger partial charge in [-0.05, 0) is 25.5 Å². The van der Waals surface area contributed by atoms with Crippen molar-refractivity contribution in [3.63, 3.8) is 0 Å². The predicted octanol–water partition coefficient (Wildman–Crippen LogP) is 1.64. The van der Waals surface area contributed by atoms with Crippen molar-refractivity contribution in [1.29, 1.82) is 0 Å². The van der Waals surface area contributed by atoms with E-state index in [0.29, 0.717) is 16.9 Å². The molecule has 1 aromatic carbocycles. The maximum Gasteiger partial charge on any atom is 0.294 e. The van der Waals surface area contributed by atoms with Crippen LogP contribution in [0.3, 0.4) is 0 Å². The number of amides is 1. The molecule has 1 amide bonds. The van der Waals surface area contributed by atoms with E-state index in [4.69, 9.17) is 15.5 Å². The van der Waals surface area contributed by atoms with Gasteiger partial charge in [0.05, 0.1) is 11.4 Å². The quantitative estimate of drug-likeness (QED) is 0.341. The number of rotatable bonds is 3. The number of oxime groups is 1. The molecular weight excluding hydrogens is 260 g/mol. The molecule has 2 rings (SSSR count). The highest BCUT2D eigenvalue weighted by Crippen LogP contribution is 2.20. The van der Waals surface area contributed by atoms with Gasteiger partial charge in [0.2, 0.25) is 5.76 Å². The molecule has 0 aliphatic heterocycles. The maximum atomic E-state index is 12.0. The Kier molecular flexibility index (Phi) is 3.69. The van der Waals surface area contributed by atoms with Crippen LogP contribution in [0.25, 0.3) is 0 Å². The largest absolute Gasteiger partial charge is 0.409 e. The van der Waals surface area contributed by atoms with Crippen LogP contribution in [0.4, 0.5) is 5.69 Å². The number of carbonyl (C=O) groups excluding carboxylic acids is 1. The van der Waals surface area contributed by atoms with Gasteiger partial charge in [-0.25, -0.2) is 0 Å². The number of benzene rings is 1. The second-order valence-electron chi connectivity index (χ2n) is 4.27. The van der Waals surface area contributed by atoms with Crippen molar-refractivity contribution in [2.24, 2.45) is 10.9 Å². The number of aromatic nitrogens is 1. The van der Waals surface area contributed by atoms with Gasteiger partial charge in [-0.2, -0.15) is 0 Å². The number of nitrogens with two attached hydrogens (primary N) is 1. The van der Waals surface area contributed by atoms with E-state index >= 15 is 0 Å². The molecule has 1 aromatic heterocycles. The van der Waals surface area contributed by atoms with Gasteiger partial charge < -0.3 is 20.8 Å². The molecule has 0 unspecified atom stereocenters. The first-order valence-corrected chi connectivity index (χ1v) is 5.85. The van der Waals surface area contributed by atoms with Crippen molar-refractivity contribution < 1.29 is 14.5 Å². The lowest BCUT2D eigenvalue weighted by Crippen LogP contribution is -2.20. The third kappa shape index (κ3) is 2.61. The lowest BCUT2D eigenvalue weighted by atomic mass is 10.1. The van der Waals surface area contributed by atoms with Crippen LogP contribution in [0.5, 0.6) is 0 Å². The summed E-state index contributed by atoms with van der Waals surface area (Å²) in [6, 6.07) is 6.72. The van der Waals surface area contributed by atoms with Crippen LogP contribution in [-0.2, 0) is 0 Å². The third-order valence-corrected chi connectivity index (χ3v) is 2.74. The number of amidine groups is 1. The summed E-state index contributed by atoms with van der Waals surface area (Å²) in [6.07, 6.45) is 0. The van der Waals surface area contributed by atoms with E-state index in [0.717, 1.165) is 5.56 Å². The first kappa shape index (κ1) is 13.6. The van der Waals surface area contributed by atoms with E-state index in [1.807, 2.05) is 0 Å². The van der Waals surface area contributed by atoms with Crippen LogP contribution in [0.1, 0.15) is 27.4 Å². The molecule has 7 nitrogen and oxygen atoms in total. The Balaban J connectivity index is 2.34. The van der Waals surface area contributed by atoms with Gasteiger partial charge in [0.1, 0.15) is 0 Å². The molecule has 0 bridgehead atoms. The maximum absolute atomic E-state index is 12.0. The summed E-state index contributed by atoms with van der Waals surface area (Å²) < 4.78 is 4.88. The topological polar surface area (TPSA) is 114 Å². The Morgan fingerprint density at radius 1 is 1.45 bits per heavy atom. The Hall–Kier alpha value is -2.83. The molecule has 0 aliphatic carbocycles. The molecule has 104 valence electrons. The normalized spacial score (nSPS) is 11.4. The summed E-state index contributed by atoms with van der Waals surface area (Å²) in [6.45, 7) is 3.51. The fraction of sp³-hybridized carbons (Fsp3) is 0.154. The van der Waals surface area contributed by atoms with Crippen molar-refractivity contribution in [3.05, 3.63) is 46.8 Å². The lowest BCUT2D eigenvalue weighted by Gasteiger charge is -2.11. The molecule has 20 heavy (non-hydrogen) atoms. The molecule has 0 aliphatic rings. The second-order valence-corrected chi connectivity index (χ2v) is 4.27. The fourth-order valence-corrected chi connectivity index (χ4v) is 1.82. The summed E-state index contributed by atoms with van der Waals surface area (Å²) in [5, 5.41) is 18.1. The van der Waals surface area contributed by atoms with Crippen LogP contribution in [0.2, 0.25) is 0 Å². The lowest BCUT2D eigenvalue weighted by molar-refractivity contribution is 0.0988. The van der Waals surface area contributed by atoms with Crippen LogP contribution in [0.15, 0.2) is 33.9 Å². The number of nitrogens with one attached hydrogen (secondary N) is 1. The molecule has 0 saturated carbocycles. The zero-order valence-electron chi connectivity index (χ0n) is 11.0. The zero-order chi connectivity index (χ0) is 14.7. The summed E-state index contributed by atoms with van der Waals surface area (Å²) in [5.74, 6) is -0.440. The molecule has 0 radical (unpaired) electrons. The molecule has 7 heteroatoms. The van der Waals surface area contributed by atoms with Crippen LogP contribution >= 0.6 is 0 Å². The molecular formula is C13H14N4O3. The highest BCUT2D eigenvalue weighted by molar-refractivity contribution is 6.09. The van der Waals surface area contributed by atoms with Gasteiger partial charge in [0, 0.05) is 11.6 Å². The Bertz CT molecular complexity index is 676. The van der Waals surface area contributed by atoms with Crippen LogP contribution in [0, 0.1) is 13.8 Å². The van der Waals surface area contributed by atoms with Gasteiger partial charge >= 0.3 is 0 Å². The van der Waals surface area contributed by atoms with E-state index in [2.05, 4.69) is 15.6 Å². The summed E-state index contributed by atoms with van der Waals surface area (Å²) in [7, 11) is 0. The summed E-state index contributed by atoms with van der Waals surface area (Å²) in [4.78, 5) is 12.0. The smallest absolute Gasteiger partial charge is 0.294 e. The van der Waals surface area contributed by atoms with Crippen molar-refractivity contribution in [1.82, 2.24) is 5.16 Å². The number of carbonyl (C=O) groups is 1. The molecule has 0 fully saturated rings. The van der Waals surface area contributed by atoms with Gasteiger partial charge in [0.15, 0.2) is 5.84 Å². The zero-order valence-corrected chi connectivity index (χ0v) is 11.0. The first-order valence-electron chi connectivity index (χ1n) is 5.85. The Labute approximate surface area is 115 Å². The molecule has 0 saturated heterocycles. The molecule has 2 aromatic rings. The van der Waals surface area contributed by atoms with E-state index in [1.165, 1.54) is 6.07 Å². The van der Waals surface area contributed by atoms with Gasteiger partial charge in [0.25, 0.3) is 5.91 Å². The SMILES string of the molecule is Cc1cc(C(=O)Nc2cccc(C)c2/C(N)=N/O)on1. The van der Waals surface area contributed by atoms with Gasteiger partial charge in [-0.15, -0.1) is 0 Å². The number of nitrogens with zero attached hydrogens (tertiary/aromatic N) is 2. The number of anilines is 1. The number of aryl methyl sites for hydroxylation is 2. The van der Waals surface area contributed by atoms with E-state index in [1.54, 1.807) is 32.0 Å². The number of hydrogen-bond acceptors (Lipinski definition) is 5. The monoisotopic (exact) mass is 274 g/mol. The standard InChI is InChI=1S/C13H14N4O3/c1-7-4-3-5-9(11(7)12(14)16-19)15-13(18)10-6-8(2)17-20-10/h3-6,19H,1-2H3,(H2,14,16)(H,15,18). The van der Waals surface area contributed by atoms with Crippen molar-refractivity contribution in [2.75, 3.05) is 5.32 Å². The minimum atomic E-state index is -0.455. The van der Waals surface area contributed by atoms with Crippen molar-refractivity contribution in [2.45, 2.75) is 13.8 Å². The van der Waals surface area contributed by atoms with E-state index < -0.39 is 5.91 Å². The molecule has 1 heterocycles. The predicted molar refractivity (Wildman–Crippen MR) is 72.9 cm³/mol. The fourth-order valence-electron chi connectivity index (χ4n) is 1.82. The van der Waals surface area contributed by atoms with Gasteiger partial charge in [-0.1, -0.05) is 22.4 Å². The number of hydrogen-bond donors (Lipinski definition) is 3. The van der Waals surface area contributed by atoms with Crippen LogP contribution in [-0.4, -0.2) is 22.1 Å². The summed E-state index contributed by atoms with van der Waals surface area (Å²) in [5.41, 5.74) is 7.89. The third-order valence-electron chi connectivity index (χ3n) is 2.74. The Morgan fingerprint density at radius 3 is 2.80 bits per heavy atom. The minimum absolute atomic E-state index is 0.0767. The van der Waals surface area contributed by atoms with Gasteiger partial charge in [-0.3, -0.25) is 4.79 Å². The molecule has 0 spiro atoms. The van der Waals surface area contributed by atoms with E-state index in [-0.39, 0.29) is 11.6 Å². The minimum Gasteiger partial charge on any atom is -0.409 e. The summed E-state index contributed by atoms with van der Waals surface area (Å²) >= 11 is 0. The van der Waals surface area contributed by atoms with E-state index in [9.17, 15) is 4.79 Å². The average molecular weight is 274 g/mol. The highest BCUT2D eigenvalue weighted by atomic mass is 16.5. The average Bonchev–Trinajstić information content (AvgIpc) is 2.85.